The van der Waals surface area contributed by atoms with Gasteiger partial charge >= 0.3 is 5.97 Å². The Hall–Kier alpha value is -1.00. The molecule has 0 heterocycles. The number of nitrogens with one attached hydrogen (secondary N) is 1. The van der Waals surface area contributed by atoms with Crippen molar-refractivity contribution in [1.29, 1.82) is 0 Å². The van der Waals surface area contributed by atoms with Crippen LogP contribution in [0.2, 0.25) is 0 Å². The maximum Gasteiger partial charge on any atom is 0.316 e. The van der Waals surface area contributed by atoms with E-state index >= 15 is 0 Å². The first-order valence-corrected chi connectivity index (χ1v) is 5.26. The zero-order valence-corrected chi connectivity index (χ0v) is 10.3. The van der Waals surface area contributed by atoms with Gasteiger partial charge in [-0.05, 0) is 12.2 Å². The highest BCUT2D eigenvalue weighted by molar-refractivity contribution is 6.34. The van der Waals surface area contributed by atoms with Gasteiger partial charge in [-0.15, -0.1) is 0 Å². The number of halogens is 2. The minimum absolute atomic E-state index is 0.351. The summed E-state index contributed by atoms with van der Waals surface area (Å²) in [6.45, 7) is 1.30. The van der Waals surface area contributed by atoms with E-state index in [2.05, 4.69) is 10.1 Å². The number of allylic oxidation sites excluding steroid dienone is 2. The van der Waals surface area contributed by atoms with Crippen LogP contribution in [0.25, 0.3) is 0 Å². The molecule has 0 aromatic heterocycles. The summed E-state index contributed by atoms with van der Waals surface area (Å²) in [6, 6.07) is 0. The van der Waals surface area contributed by atoms with Crippen molar-refractivity contribution in [2.75, 3.05) is 7.11 Å². The first kappa shape index (κ1) is 13.1. The molecule has 1 rings (SSSR count). The van der Waals surface area contributed by atoms with E-state index in [4.69, 9.17) is 23.2 Å². The van der Waals surface area contributed by atoms with Crippen LogP contribution in [0.1, 0.15) is 6.92 Å². The van der Waals surface area contributed by atoms with E-state index in [-0.39, 0.29) is 5.91 Å². The summed E-state index contributed by atoms with van der Waals surface area (Å²) >= 11 is 11.9. The lowest BCUT2D eigenvalue weighted by atomic mass is 9.94. The molecule has 1 amide bonds. The molecule has 0 spiro atoms. The zero-order valence-electron chi connectivity index (χ0n) is 8.79. The summed E-state index contributed by atoms with van der Waals surface area (Å²) in [7, 11) is 1.25. The molecule has 1 N–H and O–H groups in total. The Kier molecular flexibility index (Phi) is 3.99. The Morgan fingerprint density at radius 2 is 2.19 bits per heavy atom. The maximum atomic E-state index is 11.5. The predicted octanol–water partition coefficient (Wildman–Crippen LogP) is 1.54. The first-order valence-electron chi connectivity index (χ1n) is 4.51. The summed E-state index contributed by atoms with van der Waals surface area (Å²) < 4.78 is 4.60. The lowest BCUT2D eigenvalue weighted by Crippen LogP contribution is -2.50. The summed E-state index contributed by atoms with van der Waals surface area (Å²) in [5, 5.41) is 2.82. The zero-order chi connectivity index (χ0) is 12.3. The number of alkyl halides is 1. The highest BCUT2D eigenvalue weighted by atomic mass is 35.5. The van der Waals surface area contributed by atoms with Gasteiger partial charge in [0.15, 0.2) is 5.00 Å². The molecule has 2 atom stereocenters. The SMILES string of the molecule is COC(=O)C1C=CC(Cl)=CC1(Cl)NC(C)=O. The highest BCUT2D eigenvalue weighted by Crippen LogP contribution is 2.33. The van der Waals surface area contributed by atoms with E-state index in [9.17, 15) is 9.59 Å². The topological polar surface area (TPSA) is 55.4 Å². The number of amides is 1. The molecule has 4 nitrogen and oxygen atoms in total. The van der Waals surface area contributed by atoms with Crippen molar-refractivity contribution >= 4 is 35.1 Å². The molecular formula is C10H11Cl2NO3. The van der Waals surface area contributed by atoms with E-state index < -0.39 is 16.9 Å². The number of ether oxygens (including phenoxy) is 1. The van der Waals surface area contributed by atoms with E-state index in [1.54, 1.807) is 0 Å². The summed E-state index contributed by atoms with van der Waals surface area (Å²) in [5.41, 5.74) is 0. The summed E-state index contributed by atoms with van der Waals surface area (Å²) in [6.07, 6.45) is 4.43. The third kappa shape index (κ3) is 2.77. The third-order valence-electron chi connectivity index (χ3n) is 2.07. The molecule has 0 fully saturated rings. The Morgan fingerprint density at radius 1 is 1.56 bits per heavy atom. The van der Waals surface area contributed by atoms with Crippen LogP contribution in [-0.4, -0.2) is 24.0 Å². The first-order chi connectivity index (χ1) is 7.39. The number of rotatable bonds is 2. The van der Waals surface area contributed by atoms with Crippen LogP contribution < -0.4 is 5.32 Å². The van der Waals surface area contributed by atoms with Crippen LogP contribution in [0.4, 0.5) is 0 Å². The fourth-order valence-corrected chi connectivity index (χ4v) is 2.14. The van der Waals surface area contributed by atoms with Crippen LogP contribution in [0.5, 0.6) is 0 Å². The maximum absolute atomic E-state index is 11.5. The molecule has 88 valence electrons. The van der Waals surface area contributed by atoms with E-state index in [1.165, 1.54) is 32.3 Å². The molecule has 0 aromatic rings. The lowest BCUT2D eigenvalue weighted by Gasteiger charge is -2.31. The van der Waals surface area contributed by atoms with Crippen molar-refractivity contribution in [1.82, 2.24) is 5.32 Å². The van der Waals surface area contributed by atoms with E-state index in [1.807, 2.05) is 0 Å². The van der Waals surface area contributed by atoms with Gasteiger partial charge < -0.3 is 10.1 Å². The molecule has 0 aliphatic heterocycles. The van der Waals surface area contributed by atoms with Crippen molar-refractivity contribution in [3.8, 4) is 0 Å². The van der Waals surface area contributed by atoms with Crippen molar-refractivity contribution in [3.05, 3.63) is 23.3 Å². The normalized spacial score (nSPS) is 28.2. The van der Waals surface area contributed by atoms with Crippen LogP contribution >= 0.6 is 23.2 Å². The van der Waals surface area contributed by atoms with Gasteiger partial charge in [0.05, 0.1) is 7.11 Å². The largest absolute Gasteiger partial charge is 0.468 e. The van der Waals surface area contributed by atoms with Crippen LogP contribution in [0.15, 0.2) is 23.3 Å². The number of methoxy groups -OCH3 is 1. The van der Waals surface area contributed by atoms with Gasteiger partial charge in [0.25, 0.3) is 0 Å². The monoisotopic (exact) mass is 263 g/mol. The molecule has 0 saturated heterocycles. The van der Waals surface area contributed by atoms with Crippen molar-refractivity contribution in [2.24, 2.45) is 5.92 Å². The number of hydrogen-bond acceptors (Lipinski definition) is 3. The molecule has 0 saturated carbocycles. The fraction of sp³-hybridized carbons (Fsp3) is 0.400. The van der Waals surface area contributed by atoms with Crippen LogP contribution in [0.3, 0.4) is 0 Å². The highest BCUT2D eigenvalue weighted by Gasteiger charge is 2.41. The minimum Gasteiger partial charge on any atom is -0.468 e. The molecule has 2 unspecified atom stereocenters. The van der Waals surface area contributed by atoms with Crippen molar-refractivity contribution in [2.45, 2.75) is 11.9 Å². The van der Waals surface area contributed by atoms with Gasteiger partial charge in [-0.2, -0.15) is 0 Å². The molecular weight excluding hydrogens is 253 g/mol. The lowest BCUT2D eigenvalue weighted by molar-refractivity contribution is -0.144. The van der Waals surface area contributed by atoms with E-state index in [0.717, 1.165) is 0 Å². The quantitative estimate of drug-likeness (QED) is 0.467. The number of carbonyl (C=O) groups is 2. The van der Waals surface area contributed by atoms with E-state index in [0.29, 0.717) is 5.03 Å². The van der Waals surface area contributed by atoms with Crippen LogP contribution in [0, 0.1) is 5.92 Å². The van der Waals surface area contributed by atoms with Gasteiger partial charge in [-0.25, -0.2) is 0 Å². The van der Waals surface area contributed by atoms with Crippen molar-refractivity contribution < 1.29 is 14.3 Å². The Labute approximate surface area is 103 Å². The third-order valence-corrected chi connectivity index (χ3v) is 2.74. The van der Waals surface area contributed by atoms with Gasteiger partial charge in [-0.1, -0.05) is 29.3 Å². The minimum atomic E-state index is -1.37. The smallest absolute Gasteiger partial charge is 0.316 e. The molecule has 0 radical (unpaired) electrons. The number of esters is 1. The Balaban J connectivity index is 3.04. The summed E-state index contributed by atoms with van der Waals surface area (Å²) in [5.74, 6) is -1.70. The Morgan fingerprint density at radius 3 is 2.69 bits per heavy atom. The fourth-order valence-electron chi connectivity index (χ4n) is 1.43. The second kappa shape index (κ2) is 4.89. The Bertz CT molecular complexity index is 378. The van der Waals surface area contributed by atoms with Gasteiger partial charge in [0, 0.05) is 12.0 Å². The number of carbonyl (C=O) groups excluding carboxylic acids is 2. The molecule has 0 bridgehead atoms. The van der Waals surface area contributed by atoms with Crippen molar-refractivity contribution in [3.63, 3.8) is 0 Å². The summed E-state index contributed by atoms with van der Waals surface area (Å²) in [4.78, 5) is 21.2. The molecule has 1 aliphatic carbocycles. The average molecular weight is 264 g/mol. The van der Waals surface area contributed by atoms with Crippen LogP contribution in [-0.2, 0) is 14.3 Å². The average Bonchev–Trinajstić information content (AvgIpc) is 2.14. The molecule has 1 aliphatic rings. The predicted molar refractivity (Wildman–Crippen MR) is 61.0 cm³/mol. The van der Waals surface area contributed by atoms with Gasteiger partial charge in [-0.3, -0.25) is 9.59 Å². The molecule has 0 aromatic carbocycles. The second-order valence-electron chi connectivity index (χ2n) is 3.34. The van der Waals surface area contributed by atoms with Gasteiger partial charge in [0.2, 0.25) is 5.91 Å². The van der Waals surface area contributed by atoms with Gasteiger partial charge in [0.1, 0.15) is 5.92 Å². The molecule has 16 heavy (non-hydrogen) atoms. The second-order valence-corrected chi connectivity index (χ2v) is 4.40. The number of hydrogen-bond donors (Lipinski definition) is 1. The standard InChI is InChI=1S/C10H11Cl2NO3/c1-6(14)13-10(12)5-7(11)3-4-8(10)9(15)16-2/h3-5,8H,1-2H3,(H,13,14). The molecule has 6 heteroatoms.